The minimum Gasteiger partial charge on any atom is -0.478 e. The second-order valence-electron chi connectivity index (χ2n) is 36.6. The SMILES string of the molecule is CC(C)N1CCC(c2cn3c4c(cccc24)-c2c(C4CCCCC4)c4ccc(C(=O)O)cc4n2CCC3)CC1.COC(=O)c1ccc2c(C3CCCCC3)c3n(c2c1)CCCn1cc(C2CCN(C(C)C)CC2)c2cccc-3c21.COC(=O)c1ccc2c(C3CCCCC3)c3n(c2c1)CCCn1cc(C2CCNCC2)c2cccc-3c21. The van der Waals surface area contributed by atoms with Gasteiger partial charge >= 0.3 is 17.9 Å². The Morgan fingerprint density at radius 2 is 0.672 bits per heavy atom. The second-order valence-corrected chi connectivity index (χ2v) is 36.6. The number of ether oxygens (including phenoxy) is 2. The van der Waals surface area contributed by atoms with Gasteiger partial charge in [0.2, 0.25) is 0 Å². The molecule has 6 aromatic carbocycles. The average molecular weight is 1560 g/mol. The molecule has 0 atom stereocenters. The molecule has 3 aliphatic carbocycles. The minimum absolute atomic E-state index is 0.258. The maximum Gasteiger partial charge on any atom is 0.337 e. The van der Waals surface area contributed by atoms with Gasteiger partial charge in [0.25, 0.3) is 0 Å². The zero-order valence-electron chi connectivity index (χ0n) is 69.8. The number of hydrogen-bond donors (Lipinski definition) is 2. The van der Waals surface area contributed by atoms with E-state index < -0.39 is 5.97 Å². The van der Waals surface area contributed by atoms with Crippen molar-refractivity contribution in [3.05, 3.63) is 178 Å². The third kappa shape index (κ3) is 13.8. The highest BCUT2D eigenvalue weighted by atomic mass is 16.5. The van der Waals surface area contributed by atoms with Gasteiger partial charge in [-0.3, -0.25) is 0 Å². The summed E-state index contributed by atoms with van der Waals surface area (Å²) in [5.41, 5.74) is 26.7. The first kappa shape index (κ1) is 76.8. The van der Waals surface area contributed by atoms with Gasteiger partial charge < -0.3 is 57.1 Å². The Bertz CT molecular complexity index is 5690. The van der Waals surface area contributed by atoms with Crippen molar-refractivity contribution in [3.63, 3.8) is 0 Å². The summed E-state index contributed by atoms with van der Waals surface area (Å²) in [5.74, 6) is 2.17. The van der Waals surface area contributed by atoms with Crippen molar-refractivity contribution in [2.24, 2.45) is 0 Å². The molecule has 3 saturated heterocycles. The van der Waals surface area contributed by atoms with Crippen LogP contribution in [-0.2, 0) is 48.7 Å². The van der Waals surface area contributed by atoms with E-state index in [1.807, 2.05) is 24.3 Å². The number of aromatic nitrogens is 6. The van der Waals surface area contributed by atoms with E-state index in [2.05, 4.69) is 174 Å². The van der Waals surface area contributed by atoms with Gasteiger partial charge in [-0.1, -0.05) is 131 Å². The first-order valence-electron chi connectivity index (χ1n) is 45.2. The normalized spacial score (nSPS) is 19.2. The highest BCUT2D eigenvalue weighted by molar-refractivity contribution is 6.07. The van der Waals surface area contributed by atoms with Crippen molar-refractivity contribution in [1.82, 2.24) is 42.5 Å². The van der Waals surface area contributed by atoms with Crippen molar-refractivity contribution in [1.29, 1.82) is 0 Å². The predicted octanol–water partition coefficient (Wildman–Crippen LogP) is 23.1. The first-order chi connectivity index (χ1) is 56.8. The number of benzene rings is 6. The number of nitrogens with zero attached hydrogens (tertiary/aromatic N) is 8. The molecule has 12 aromatic rings. The second kappa shape index (κ2) is 32.6. The number of nitrogens with one attached hydrogen (secondary N) is 1. The highest BCUT2D eigenvalue weighted by Crippen LogP contribution is 2.53. The van der Waals surface area contributed by atoms with Crippen LogP contribution in [0.3, 0.4) is 0 Å². The molecule has 21 rings (SSSR count). The van der Waals surface area contributed by atoms with Crippen LogP contribution in [0, 0.1) is 0 Å². The summed E-state index contributed by atoms with van der Waals surface area (Å²) in [7, 11) is 2.94. The van der Waals surface area contributed by atoms with E-state index in [-0.39, 0.29) is 11.9 Å². The summed E-state index contributed by atoms with van der Waals surface area (Å²) >= 11 is 0. The van der Waals surface area contributed by atoms with Gasteiger partial charge in [-0.15, -0.1) is 0 Å². The number of fused-ring (bicyclic) bond motifs is 12. The molecule has 0 radical (unpaired) electrons. The van der Waals surface area contributed by atoms with E-state index in [1.165, 1.54) is 297 Å². The van der Waals surface area contributed by atoms with Crippen LogP contribution in [0.15, 0.2) is 128 Å². The van der Waals surface area contributed by atoms with E-state index >= 15 is 0 Å². The van der Waals surface area contributed by atoms with E-state index in [9.17, 15) is 19.5 Å². The van der Waals surface area contributed by atoms with Crippen LogP contribution in [0.1, 0.15) is 282 Å². The third-order valence-electron chi connectivity index (χ3n) is 29.5. The van der Waals surface area contributed by atoms with E-state index in [4.69, 9.17) is 9.47 Å². The molecule has 6 fully saturated rings. The lowest BCUT2D eigenvalue weighted by molar-refractivity contribution is 0.0592. The maximum absolute atomic E-state index is 12.5. The van der Waals surface area contributed by atoms with Crippen LogP contribution in [-0.4, -0.2) is 126 Å². The van der Waals surface area contributed by atoms with Crippen molar-refractivity contribution in [3.8, 4) is 33.8 Å². The summed E-state index contributed by atoms with van der Waals surface area (Å²) < 4.78 is 25.5. The molecule has 3 saturated carbocycles. The molecule has 0 spiro atoms. The number of carbonyl (C=O) groups is 3. The molecule has 9 aliphatic rings. The Morgan fingerprint density at radius 1 is 0.353 bits per heavy atom. The molecular weight excluding hydrogens is 1440 g/mol. The fraction of sp³-hybridized carbons (Fsp3) is 0.495. The van der Waals surface area contributed by atoms with Crippen LogP contribution in [0.2, 0.25) is 0 Å². The monoisotopic (exact) mass is 1560 g/mol. The fourth-order valence-electron chi connectivity index (χ4n) is 23.8. The quantitative estimate of drug-likeness (QED) is 0.121. The summed E-state index contributed by atoms with van der Waals surface area (Å²) in [5, 5.41) is 21.6. The number of aromatic carboxylic acids is 1. The fourth-order valence-corrected chi connectivity index (χ4v) is 23.8. The van der Waals surface area contributed by atoms with Crippen LogP contribution in [0.25, 0.3) is 99.2 Å². The van der Waals surface area contributed by atoms with Crippen molar-refractivity contribution < 1.29 is 29.0 Å². The molecule has 0 bridgehead atoms. The van der Waals surface area contributed by atoms with E-state index in [0.717, 1.165) is 77.1 Å². The van der Waals surface area contributed by atoms with Crippen LogP contribution in [0.4, 0.5) is 0 Å². The van der Waals surface area contributed by atoms with Crippen molar-refractivity contribution in [2.75, 3.05) is 53.5 Å². The molecule has 15 nitrogen and oxygen atoms in total. The number of para-hydroxylation sites is 3. The summed E-state index contributed by atoms with van der Waals surface area (Å²) in [6, 6.07) is 40.6. The third-order valence-corrected chi connectivity index (χ3v) is 29.5. The number of aryl methyl sites for hydroxylation is 6. The van der Waals surface area contributed by atoms with E-state index in [0.29, 0.717) is 64.3 Å². The lowest BCUT2D eigenvalue weighted by Gasteiger charge is -2.34. The first-order valence-corrected chi connectivity index (χ1v) is 45.2. The Hall–Kier alpha value is -9.15. The summed E-state index contributed by atoms with van der Waals surface area (Å²) in [4.78, 5) is 42.2. The number of piperidine rings is 3. The average Bonchev–Trinajstić information content (AvgIpc) is 1.57. The van der Waals surface area contributed by atoms with Crippen LogP contribution >= 0.6 is 0 Å². The van der Waals surface area contributed by atoms with Crippen LogP contribution in [0.5, 0.6) is 0 Å². The Labute approximate surface area is 684 Å². The highest BCUT2D eigenvalue weighted by Gasteiger charge is 2.37. The zero-order valence-corrected chi connectivity index (χ0v) is 69.8. The molecule has 116 heavy (non-hydrogen) atoms. The van der Waals surface area contributed by atoms with Gasteiger partial charge in [0, 0.05) is 136 Å². The lowest BCUT2D eigenvalue weighted by Crippen LogP contribution is -2.37. The van der Waals surface area contributed by atoms with Gasteiger partial charge in [-0.25, -0.2) is 14.4 Å². The summed E-state index contributed by atoms with van der Waals surface area (Å²) in [6.45, 7) is 22.1. The maximum atomic E-state index is 12.5. The number of esters is 2. The Kier molecular flexibility index (Phi) is 21.6. The molecule has 15 heteroatoms. The molecule has 0 unspecified atom stereocenters. The number of carbonyl (C=O) groups excluding carboxylic acids is 2. The van der Waals surface area contributed by atoms with Gasteiger partial charge in [0.1, 0.15) is 0 Å². The predicted molar refractivity (Wildman–Crippen MR) is 472 cm³/mol. The molecule has 6 aromatic heterocycles. The van der Waals surface area contributed by atoms with Gasteiger partial charge in [-0.05, 0) is 269 Å². The number of carboxylic acid groups (broad SMARTS) is 1. The number of methoxy groups -OCH3 is 2. The van der Waals surface area contributed by atoms with E-state index in [1.54, 1.807) is 5.56 Å². The van der Waals surface area contributed by atoms with Gasteiger partial charge in [-0.2, -0.15) is 0 Å². The molecule has 606 valence electrons. The lowest BCUT2D eigenvalue weighted by atomic mass is 9.81. The largest absolute Gasteiger partial charge is 0.478 e. The molecule has 12 heterocycles. The van der Waals surface area contributed by atoms with Gasteiger partial charge in [0.05, 0.1) is 64.5 Å². The molecular formula is C101H121N9O6. The van der Waals surface area contributed by atoms with Crippen LogP contribution < -0.4 is 5.32 Å². The standard InChI is InChI=1S/C35H43N3O2.C34H41N3O2.C32H37N3O2/c1-23(2)36-19-15-24(16-20-36)30-22-37-17-8-18-38-31-21-26(35(39)40-3)13-14-28(31)32(25-9-5-4-6-10-25)34(38)29-12-7-11-27(30)33(29)37;1-22(2)35-18-14-23(15-19-35)29-21-36-16-7-17-37-30-20-25(34(38)39)12-13-27(30)31(24-8-4-3-5-9-24)33(37)28-11-6-10-26(29)32(28)36;1-37-32(36)23-11-12-25-28(19-23)35-18-6-17-34-20-27(21-13-15-33-16-14-21)24-9-5-10-26(30(24)34)31(35)29(25)22-7-3-2-4-8-22/h7,11-14,21-25H,4-6,8-10,15-20H2,1-3H3;6,10-13,20-24H,3-5,7-9,14-19H2,1-2H3,(H,38,39);5,9-12,19-22,33H,2-4,6-8,13-18H2,1H3. The summed E-state index contributed by atoms with van der Waals surface area (Å²) in [6.07, 6.45) is 37.3. The van der Waals surface area contributed by atoms with Crippen molar-refractivity contribution >= 4 is 83.3 Å². The molecule has 2 N–H and O–H groups in total. The number of likely N-dealkylation sites (tertiary alicyclic amines) is 2. The Balaban J connectivity index is 0.000000116. The Morgan fingerprint density at radius 3 is 0.991 bits per heavy atom. The number of rotatable bonds is 11. The molecule has 0 amide bonds. The molecule has 6 aliphatic heterocycles. The topological polar surface area (TPSA) is 138 Å². The van der Waals surface area contributed by atoms with Gasteiger partial charge in [0.15, 0.2) is 0 Å². The zero-order chi connectivity index (χ0) is 79.0. The number of hydrogen-bond acceptors (Lipinski definition) is 8. The smallest absolute Gasteiger partial charge is 0.337 e. The van der Waals surface area contributed by atoms with Crippen molar-refractivity contribution in [2.45, 2.75) is 269 Å². The number of carboxylic acids is 1. The minimum atomic E-state index is -0.846.